The Labute approximate surface area is 128 Å². The van der Waals surface area contributed by atoms with Gasteiger partial charge in [0.2, 0.25) is 5.95 Å². The van der Waals surface area contributed by atoms with Gasteiger partial charge in [0.25, 0.3) is 0 Å². The Morgan fingerprint density at radius 2 is 2.09 bits per heavy atom. The Bertz CT molecular complexity index is 608. The van der Waals surface area contributed by atoms with Gasteiger partial charge in [-0.15, -0.1) is 0 Å². The van der Waals surface area contributed by atoms with Gasteiger partial charge < -0.3 is 15.4 Å². The van der Waals surface area contributed by atoms with E-state index in [-0.39, 0.29) is 11.9 Å². The number of aromatic nitrogens is 2. The molecule has 22 heavy (non-hydrogen) atoms. The van der Waals surface area contributed by atoms with Crippen LogP contribution in [-0.4, -0.2) is 35.7 Å². The van der Waals surface area contributed by atoms with E-state index in [0.717, 1.165) is 43.8 Å². The van der Waals surface area contributed by atoms with Crippen molar-refractivity contribution in [1.29, 1.82) is 0 Å². The fraction of sp³-hybridized carbons (Fsp3) is 0.375. The lowest BCUT2D eigenvalue weighted by atomic mass is 10.0. The Kier molecular flexibility index (Phi) is 4.80. The van der Waals surface area contributed by atoms with Crippen molar-refractivity contribution in [2.24, 2.45) is 0 Å². The molecule has 1 aliphatic heterocycles. The van der Waals surface area contributed by atoms with Crippen molar-refractivity contribution in [3.63, 3.8) is 0 Å². The third-order valence-corrected chi connectivity index (χ3v) is 3.57. The smallest absolute Gasteiger partial charge is 0.222 e. The second-order valence-corrected chi connectivity index (χ2v) is 5.23. The summed E-state index contributed by atoms with van der Waals surface area (Å²) in [6.45, 7) is 2.32. The van der Waals surface area contributed by atoms with Crippen LogP contribution >= 0.6 is 0 Å². The van der Waals surface area contributed by atoms with Crippen LogP contribution in [0.25, 0.3) is 0 Å². The predicted molar refractivity (Wildman–Crippen MR) is 82.5 cm³/mol. The van der Waals surface area contributed by atoms with Crippen LogP contribution in [-0.2, 0) is 6.42 Å². The van der Waals surface area contributed by atoms with Crippen molar-refractivity contribution in [2.75, 3.05) is 25.0 Å². The van der Waals surface area contributed by atoms with Gasteiger partial charge >= 0.3 is 0 Å². The minimum atomic E-state index is -0.201. The SMILES string of the molecule is Fc1ccc2c(c1)CCC(CNCCNc1ncccn1)O2. The monoisotopic (exact) mass is 302 g/mol. The lowest BCUT2D eigenvalue weighted by Crippen LogP contribution is -2.36. The molecule has 2 N–H and O–H groups in total. The molecule has 0 amide bonds. The lowest BCUT2D eigenvalue weighted by molar-refractivity contribution is 0.171. The molecule has 0 radical (unpaired) electrons. The number of rotatable bonds is 6. The van der Waals surface area contributed by atoms with Gasteiger partial charge in [0.05, 0.1) is 0 Å². The maximum atomic E-state index is 13.1. The van der Waals surface area contributed by atoms with Gasteiger partial charge in [0.15, 0.2) is 0 Å². The average molecular weight is 302 g/mol. The van der Waals surface area contributed by atoms with Gasteiger partial charge in [0.1, 0.15) is 17.7 Å². The van der Waals surface area contributed by atoms with E-state index in [0.29, 0.717) is 5.95 Å². The molecular formula is C16H19FN4O. The first kappa shape index (κ1) is 14.7. The summed E-state index contributed by atoms with van der Waals surface area (Å²) in [7, 11) is 0. The number of halogens is 1. The first-order valence-electron chi connectivity index (χ1n) is 7.48. The first-order valence-corrected chi connectivity index (χ1v) is 7.48. The Balaban J connectivity index is 1.37. The molecule has 1 aliphatic rings. The average Bonchev–Trinajstić information content (AvgIpc) is 2.55. The predicted octanol–water partition coefficient (Wildman–Crippen LogP) is 2.01. The Hall–Kier alpha value is -2.21. The molecular weight excluding hydrogens is 283 g/mol. The molecule has 0 bridgehead atoms. The number of anilines is 1. The maximum absolute atomic E-state index is 13.1. The summed E-state index contributed by atoms with van der Waals surface area (Å²) >= 11 is 0. The Morgan fingerprint density at radius 3 is 2.95 bits per heavy atom. The third kappa shape index (κ3) is 3.92. The maximum Gasteiger partial charge on any atom is 0.222 e. The molecule has 0 aliphatic carbocycles. The molecule has 1 unspecified atom stereocenters. The van der Waals surface area contributed by atoms with Crippen LogP contribution in [0.4, 0.5) is 10.3 Å². The van der Waals surface area contributed by atoms with Gasteiger partial charge in [0, 0.05) is 32.0 Å². The van der Waals surface area contributed by atoms with Gasteiger partial charge in [-0.25, -0.2) is 14.4 Å². The summed E-state index contributed by atoms with van der Waals surface area (Å²) < 4.78 is 19.0. The van der Waals surface area contributed by atoms with Crippen molar-refractivity contribution in [1.82, 2.24) is 15.3 Å². The van der Waals surface area contributed by atoms with Crippen molar-refractivity contribution in [3.8, 4) is 5.75 Å². The Morgan fingerprint density at radius 1 is 1.23 bits per heavy atom. The van der Waals surface area contributed by atoms with Crippen molar-refractivity contribution < 1.29 is 9.13 Å². The van der Waals surface area contributed by atoms with Crippen LogP contribution in [0.15, 0.2) is 36.7 Å². The standard InChI is InChI=1S/C16H19FN4O/c17-13-3-5-15-12(10-13)2-4-14(22-15)11-18-8-9-21-16-19-6-1-7-20-16/h1,3,5-7,10,14,18H,2,4,8-9,11H2,(H,19,20,21). The fourth-order valence-electron chi connectivity index (χ4n) is 2.47. The number of aryl methyl sites for hydroxylation is 1. The van der Waals surface area contributed by atoms with Crippen LogP contribution in [0.3, 0.4) is 0 Å². The number of benzene rings is 1. The zero-order chi connectivity index (χ0) is 15.2. The fourth-order valence-corrected chi connectivity index (χ4v) is 2.47. The van der Waals surface area contributed by atoms with Crippen molar-refractivity contribution >= 4 is 5.95 Å². The molecule has 1 aromatic carbocycles. The van der Waals surface area contributed by atoms with E-state index in [2.05, 4.69) is 20.6 Å². The highest BCUT2D eigenvalue weighted by molar-refractivity contribution is 5.35. The summed E-state index contributed by atoms with van der Waals surface area (Å²) in [6.07, 6.45) is 5.30. The molecule has 2 aromatic rings. The van der Waals surface area contributed by atoms with E-state index in [1.807, 2.05) is 0 Å². The van der Waals surface area contributed by atoms with Crippen LogP contribution < -0.4 is 15.4 Å². The van der Waals surface area contributed by atoms with E-state index < -0.39 is 0 Å². The van der Waals surface area contributed by atoms with Gasteiger partial charge in [-0.1, -0.05) is 0 Å². The zero-order valence-corrected chi connectivity index (χ0v) is 12.3. The second kappa shape index (κ2) is 7.17. The lowest BCUT2D eigenvalue weighted by Gasteiger charge is -2.26. The summed E-state index contributed by atoms with van der Waals surface area (Å²) in [5, 5.41) is 6.49. The van der Waals surface area contributed by atoms with Crippen molar-refractivity contribution in [2.45, 2.75) is 18.9 Å². The quantitative estimate of drug-likeness (QED) is 0.799. The molecule has 5 nitrogen and oxygen atoms in total. The molecule has 0 saturated heterocycles. The molecule has 0 spiro atoms. The van der Waals surface area contributed by atoms with Crippen LogP contribution in [0.1, 0.15) is 12.0 Å². The van der Waals surface area contributed by atoms with Gasteiger partial charge in [-0.2, -0.15) is 0 Å². The molecule has 116 valence electrons. The topological polar surface area (TPSA) is 59.1 Å². The first-order chi connectivity index (χ1) is 10.8. The second-order valence-electron chi connectivity index (χ2n) is 5.23. The number of nitrogens with one attached hydrogen (secondary N) is 2. The molecule has 2 heterocycles. The summed E-state index contributed by atoms with van der Waals surface area (Å²) in [5.41, 5.74) is 0.958. The van der Waals surface area contributed by atoms with E-state index in [1.54, 1.807) is 30.6 Å². The third-order valence-electron chi connectivity index (χ3n) is 3.57. The minimum Gasteiger partial charge on any atom is -0.489 e. The summed E-state index contributed by atoms with van der Waals surface area (Å²) in [6, 6.07) is 6.50. The molecule has 0 saturated carbocycles. The highest BCUT2D eigenvalue weighted by Gasteiger charge is 2.19. The van der Waals surface area contributed by atoms with Crippen LogP contribution in [0.5, 0.6) is 5.75 Å². The molecule has 0 fully saturated rings. The summed E-state index contributed by atoms with van der Waals surface area (Å²) in [4.78, 5) is 8.19. The number of nitrogens with zero attached hydrogens (tertiary/aromatic N) is 2. The highest BCUT2D eigenvalue weighted by atomic mass is 19.1. The molecule has 1 atom stereocenters. The van der Waals surface area contributed by atoms with E-state index in [1.165, 1.54) is 6.07 Å². The normalized spacial score (nSPS) is 16.7. The zero-order valence-electron chi connectivity index (χ0n) is 12.3. The van der Waals surface area contributed by atoms with E-state index >= 15 is 0 Å². The summed E-state index contributed by atoms with van der Waals surface area (Å²) in [5.74, 6) is 1.23. The minimum absolute atomic E-state index is 0.130. The van der Waals surface area contributed by atoms with E-state index in [9.17, 15) is 4.39 Å². The molecule has 6 heteroatoms. The van der Waals surface area contributed by atoms with Gasteiger partial charge in [-0.3, -0.25) is 0 Å². The van der Waals surface area contributed by atoms with E-state index in [4.69, 9.17) is 4.74 Å². The number of hydrogen-bond donors (Lipinski definition) is 2. The molecule has 3 rings (SSSR count). The van der Waals surface area contributed by atoms with Gasteiger partial charge in [-0.05, 0) is 42.7 Å². The largest absolute Gasteiger partial charge is 0.489 e. The van der Waals surface area contributed by atoms with Crippen molar-refractivity contribution in [3.05, 3.63) is 48.0 Å². The highest BCUT2D eigenvalue weighted by Crippen LogP contribution is 2.27. The number of hydrogen-bond acceptors (Lipinski definition) is 5. The number of ether oxygens (including phenoxy) is 1. The molecule has 1 aromatic heterocycles. The van der Waals surface area contributed by atoms with Crippen LogP contribution in [0, 0.1) is 5.82 Å². The van der Waals surface area contributed by atoms with Crippen LogP contribution in [0.2, 0.25) is 0 Å². The number of fused-ring (bicyclic) bond motifs is 1.